The van der Waals surface area contributed by atoms with Crippen LogP contribution in [0.2, 0.25) is 0 Å². The van der Waals surface area contributed by atoms with Gasteiger partial charge in [-0.2, -0.15) is 0 Å². The molecule has 0 amide bonds. The van der Waals surface area contributed by atoms with Gasteiger partial charge in [0.1, 0.15) is 5.75 Å². The van der Waals surface area contributed by atoms with E-state index in [0.29, 0.717) is 6.54 Å². The number of methoxy groups -OCH3 is 1. The number of hydrogen-bond donors (Lipinski definition) is 1. The Morgan fingerprint density at radius 2 is 2.00 bits per heavy atom. The van der Waals surface area contributed by atoms with Crippen LogP contribution in [0.15, 0.2) is 22.7 Å². The van der Waals surface area contributed by atoms with Gasteiger partial charge in [0.25, 0.3) is 0 Å². The predicted octanol–water partition coefficient (Wildman–Crippen LogP) is 3.30. The monoisotopic (exact) mass is 350 g/mol. The van der Waals surface area contributed by atoms with Crippen LogP contribution in [-0.2, 0) is 6.54 Å². The normalized spacial score (nSPS) is 11.3. The predicted molar refractivity (Wildman–Crippen MR) is 87.1 cm³/mol. The maximum absolute atomic E-state index is 5.77. The van der Waals surface area contributed by atoms with Gasteiger partial charge in [0.05, 0.1) is 7.11 Å². The lowest BCUT2D eigenvalue weighted by molar-refractivity contribution is 0.209. The zero-order valence-corrected chi connectivity index (χ0v) is 14.5. The van der Waals surface area contributed by atoms with E-state index in [4.69, 9.17) is 10.5 Å². The van der Waals surface area contributed by atoms with Gasteiger partial charge in [-0.3, -0.25) is 0 Å². The molecule has 0 saturated carbocycles. The maximum Gasteiger partial charge on any atom is 0.119 e. The summed E-state index contributed by atoms with van der Waals surface area (Å²) in [6, 6.07) is 6.05. The van der Waals surface area contributed by atoms with Crippen LogP contribution in [0.25, 0.3) is 0 Å². The molecule has 0 radical (unpaired) electrons. The van der Waals surface area contributed by atoms with Crippen LogP contribution in [0.4, 0.5) is 0 Å². The molecule has 0 unspecified atom stereocenters. The lowest BCUT2D eigenvalue weighted by Crippen LogP contribution is -2.36. The minimum atomic E-state index is 0. The molecule has 0 aliphatic rings. The molecule has 1 rings (SSSR count). The van der Waals surface area contributed by atoms with E-state index in [9.17, 15) is 0 Å². The Hall–Kier alpha value is -0.290. The highest BCUT2D eigenvalue weighted by Gasteiger charge is 2.18. The minimum absolute atomic E-state index is 0. The summed E-state index contributed by atoms with van der Waals surface area (Å²) in [6.45, 7) is 6.90. The van der Waals surface area contributed by atoms with E-state index in [0.717, 1.165) is 23.3 Å². The van der Waals surface area contributed by atoms with Crippen LogP contribution in [-0.4, -0.2) is 32.1 Å². The first kappa shape index (κ1) is 18.7. The van der Waals surface area contributed by atoms with Crippen molar-refractivity contribution in [3.63, 3.8) is 0 Å². The van der Waals surface area contributed by atoms with Gasteiger partial charge in [0.15, 0.2) is 0 Å². The van der Waals surface area contributed by atoms with E-state index in [1.54, 1.807) is 7.11 Å². The Balaban J connectivity index is 0.00000324. The Kier molecular flexibility index (Phi) is 7.98. The first-order valence-electron chi connectivity index (χ1n) is 6.09. The average Bonchev–Trinajstić information content (AvgIpc) is 2.31. The minimum Gasteiger partial charge on any atom is -0.497 e. The Labute approximate surface area is 131 Å². The zero-order valence-electron chi connectivity index (χ0n) is 12.1. The first-order valence-corrected chi connectivity index (χ1v) is 6.88. The van der Waals surface area contributed by atoms with Gasteiger partial charge in [0, 0.05) is 17.6 Å². The average molecular weight is 352 g/mol. The topological polar surface area (TPSA) is 38.5 Å². The zero-order chi connectivity index (χ0) is 13.8. The number of halogens is 2. The lowest BCUT2D eigenvalue weighted by atomic mass is 9.93. The van der Waals surface area contributed by atoms with Crippen LogP contribution >= 0.6 is 28.3 Å². The van der Waals surface area contributed by atoms with Gasteiger partial charge < -0.3 is 15.4 Å². The molecule has 19 heavy (non-hydrogen) atoms. The van der Waals surface area contributed by atoms with Crippen LogP contribution in [0, 0.1) is 5.41 Å². The molecule has 0 aromatic heterocycles. The van der Waals surface area contributed by atoms with Crippen molar-refractivity contribution < 1.29 is 4.74 Å². The summed E-state index contributed by atoms with van der Waals surface area (Å²) in [5.74, 6) is 0.889. The van der Waals surface area contributed by atoms with Crippen LogP contribution in [0.5, 0.6) is 5.75 Å². The third-order valence-corrected chi connectivity index (χ3v) is 3.72. The molecule has 0 aliphatic carbocycles. The largest absolute Gasteiger partial charge is 0.497 e. The SMILES string of the molecule is COc1ccc(Br)c(CN(C)CC(C)(C)CN)c1.Cl. The first-order chi connectivity index (χ1) is 8.38. The molecule has 0 bridgehead atoms. The second-order valence-corrected chi connectivity index (χ2v) is 6.35. The van der Waals surface area contributed by atoms with Crippen molar-refractivity contribution in [2.24, 2.45) is 11.1 Å². The van der Waals surface area contributed by atoms with E-state index in [1.807, 2.05) is 12.1 Å². The van der Waals surface area contributed by atoms with Crippen molar-refractivity contribution in [2.45, 2.75) is 20.4 Å². The van der Waals surface area contributed by atoms with E-state index in [-0.39, 0.29) is 17.8 Å². The van der Waals surface area contributed by atoms with Gasteiger partial charge in [-0.15, -0.1) is 12.4 Å². The molecule has 110 valence electrons. The van der Waals surface area contributed by atoms with Gasteiger partial charge in [0.2, 0.25) is 0 Å². The van der Waals surface area contributed by atoms with E-state index < -0.39 is 0 Å². The quantitative estimate of drug-likeness (QED) is 0.854. The van der Waals surface area contributed by atoms with Gasteiger partial charge >= 0.3 is 0 Å². The fraction of sp³-hybridized carbons (Fsp3) is 0.571. The Morgan fingerprint density at radius 1 is 1.37 bits per heavy atom. The molecule has 1 aromatic carbocycles. The number of hydrogen-bond acceptors (Lipinski definition) is 3. The second kappa shape index (κ2) is 8.10. The van der Waals surface area contributed by atoms with Crippen LogP contribution in [0.3, 0.4) is 0 Å². The third kappa shape index (κ3) is 6.13. The number of ether oxygens (including phenoxy) is 1. The molecule has 0 aliphatic heterocycles. The molecular formula is C14H24BrClN2O. The summed E-state index contributed by atoms with van der Waals surface area (Å²) in [6.07, 6.45) is 0. The highest BCUT2D eigenvalue weighted by Crippen LogP contribution is 2.24. The number of benzene rings is 1. The molecule has 3 nitrogen and oxygen atoms in total. The number of nitrogens with zero attached hydrogens (tertiary/aromatic N) is 1. The molecule has 0 heterocycles. The second-order valence-electron chi connectivity index (χ2n) is 5.50. The summed E-state index contributed by atoms with van der Waals surface area (Å²) in [5, 5.41) is 0. The van der Waals surface area contributed by atoms with Gasteiger partial charge in [-0.1, -0.05) is 29.8 Å². The van der Waals surface area contributed by atoms with Crippen molar-refractivity contribution in [1.29, 1.82) is 0 Å². The molecule has 2 N–H and O–H groups in total. The Morgan fingerprint density at radius 3 is 2.53 bits per heavy atom. The van der Waals surface area contributed by atoms with Crippen molar-refractivity contribution >= 4 is 28.3 Å². The number of rotatable bonds is 6. The summed E-state index contributed by atoms with van der Waals surface area (Å²) < 4.78 is 6.37. The maximum atomic E-state index is 5.77. The fourth-order valence-electron chi connectivity index (χ4n) is 1.94. The highest BCUT2D eigenvalue weighted by atomic mass is 79.9. The standard InChI is InChI=1S/C14H23BrN2O.ClH/c1-14(2,9-16)10-17(3)8-11-7-12(18-4)5-6-13(11)15;/h5-7H,8-10,16H2,1-4H3;1H. The van der Waals surface area contributed by atoms with Crippen molar-refractivity contribution in [3.05, 3.63) is 28.2 Å². The van der Waals surface area contributed by atoms with Crippen molar-refractivity contribution in [3.8, 4) is 5.75 Å². The molecule has 0 saturated heterocycles. The van der Waals surface area contributed by atoms with E-state index >= 15 is 0 Å². The van der Waals surface area contributed by atoms with Gasteiger partial charge in [-0.05, 0) is 42.8 Å². The molecular weight excluding hydrogens is 328 g/mol. The number of nitrogens with two attached hydrogens (primary N) is 1. The van der Waals surface area contributed by atoms with E-state index in [2.05, 4.69) is 47.8 Å². The third-order valence-electron chi connectivity index (χ3n) is 2.94. The molecule has 5 heteroatoms. The van der Waals surface area contributed by atoms with Crippen molar-refractivity contribution in [1.82, 2.24) is 4.90 Å². The summed E-state index contributed by atoms with van der Waals surface area (Å²) >= 11 is 3.58. The molecule has 0 atom stereocenters. The smallest absolute Gasteiger partial charge is 0.119 e. The van der Waals surface area contributed by atoms with Crippen LogP contribution in [0.1, 0.15) is 19.4 Å². The lowest BCUT2D eigenvalue weighted by Gasteiger charge is -2.29. The summed E-state index contributed by atoms with van der Waals surface area (Å²) in [4.78, 5) is 2.28. The highest BCUT2D eigenvalue weighted by molar-refractivity contribution is 9.10. The summed E-state index contributed by atoms with van der Waals surface area (Å²) in [5.41, 5.74) is 7.13. The fourth-order valence-corrected chi connectivity index (χ4v) is 2.31. The van der Waals surface area contributed by atoms with Gasteiger partial charge in [-0.25, -0.2) is 0 Å². The van der Waals surface area contributed by atoms with Crippen LogP contribution < -0.4 is 10.5 Å². The van der Waals surface area contributed by atoms with E-state index in [1.165, 1.54) is 5.56 Å². The molecule has 0 fully saturated rings. The van der Waals surface area contributed by atoms with Crippen molar-refractivity contribution in [2.75, 3.05) is 27.2 Å². The molecule has 0 spiro atoms. The Bertz CT molecular complexity index is 399. The summed E-state index contributed by atoms with van der Waals surface area (Å²) in [7, 11) is 3.80. The molecule has 1 aromatic rings.